The summed E-state index contributed by atoms with van der Waals surface area (Å²) in [4.78, 5) is 0. The van der Waals surface area contributed by atoms with E-state index in [1.807, 2.05) is 12.1 Å². The maximum absolute atomic E-state index is 9.66. The van der Waals surface area contributed by atoms with Crippen molar-refractivity contribution in [2.75, 3.05) is 0 Å². The topological polar surface area (TPSA) is 40.8 Å². The van der Waals surface area contributed by atoms with Crippen LogP contribution < -0.4 is 8.96 Å². The molecule has 33 heavy (non-hydrogen) atoms. The molecule has 0 aliphatic heterocycles. The molecule has 0 fully saturated rings. The van der Waals surface area contributed by atoms with Crippen LogP contribution in [0.2, 0.25) is 17.3 Å². The van der Waals surface area contributed by atoms with Crippen molar-refractivity contribution in [2.24, 2.45) is 7.05 Å². The number of hydrogen-bond acceptors (Lipinski definition) is 2. The number of para-hydroxylation sites is 1. The van der Waals surface area contributed by atoms with Gasteiger partial charge in [0.2, 0.25) is 0 Å². The molecule has 0 spiro atoms. The van der Waals surface area contributed by atoms with Crippen molar-refractivity contribution in [3.05, 3.63) is 84.1 Å². The van der Waals surface area contributed by atoms with E-state index in [4.69, 9.17) is 4.42 Å². The first-order valence-electron chi connectivity index (χ1n) is 11.2. The average Bonchev–Trinajstić information content (AvgIpc) is 3.17. The molecule has 5 aromatic rings. The van der Waals surface area contributed by atoms with Crippen LogP contribution in [0.15, 0.2) is 77.3 Å². The molecule has 0 saturated heterocycles. The van der Waals surface area contributed by atoms with Crippen LogP contribution in [0.1, 0.15) is 11.1 Å². The van der Waals surface area contributed by atoms with Crippen LogP contribution in [0.25, 0.3) is 44.3 Å². The zero-order valence-electron chi connectivity index (χ0n) is 19.7. The number of furan rings is 1. The van der Waals surface area contributed by atoms with Crippen molar-refractivity contribution < 1.29 is 8.98 Å². The first-order chi connectivity index (χ1) is 15.8. The predicted octanol–water partition coefficient (Wildman–Crippen LogP) is 6.47. The Kier molecular flexibility index (Phi) is 5.14. The summed E-state index contributed by atoms with van der Waals surface area (Å²) < 4.78 is 10.0. The summed E-state index contributed by atoms with van der Waals surface area (Å²) in [6, 6.07) is 25.6. The number of aryl methyl sites for hydroxylation is 2. The van der Waals surface area contributed by atoms with Crippen molar-refractivity contribution in [1.82, 2.24) is 0 Å². The van der Waals surface area contributed by atoms with E-state index >= 15 is 0 Å². The van der Waals surface area contributed by atoms with Crippen molar-refractivity contribution in [3.63, 3.8) is 0 Å². The van der Waals surface area contributed by atoms with Crippen LogP contribution >= 0.6 is 0 Å². The Morgan fingerprint density at radius 1 is 0.879 bits per heavy atom. The zero-order valence-corrected chi connectivity index (χ0v) is 21.8. The van der Waals surface area contributed by atoms with Crippen molar-refractivity contribution in [2.45, 2.75) is 24.2 Å². The number of fused-ring (bicyclic) bond motifs is 3. The van der Waals surface area contributed by atoms with Gasteiger partial charge in [-0.25, -0.2) is 0 Å². The number of rotatable bonds is 3. The molecular weight excluding hydrogens is 465 g/mol. The molecule has 5 rings (SSSR count). The average molecular weight is 492 g/mol. The van der Waals surface area contributed by atoms with Crippen LogP contribution in [0.4, 0.5) is 0 Å². The summed E-state index contributed by atoms with van der Waals surface area (Å²) in [5, 5.41) is 11.9. The first-order valence-corrected chi connectivity index (χ1v) is 18.6. The molecule has 2 aromatic heterocycles. The molecule has 0 radical (unpaired) electrons. The molecule has 0 atom stereocenters. The number of pyridine rings is 1. The minimum absolute atomic E-state index is 0.803. The number of benzene rings is 3. The van der Waals surface area contributed by atoms with Gasteiger partial charge in [0.1, 0.15) is 0 Å². The van der Waals surface area contributed by atoms with E-state index in [1.165, 1.54) is 9.96 Å². The normalized spacial score (nSPS) is 11.8. The van der Waals surface area contributed by atoms with Gasteiger partial charge in [-0.15, -0.1) is 0 Å². The van der Waals surface area contributed by atoms with E-state index in [9.17, 15) is 5.26 Å². The van der Waals surface area contributed by atoms with Crippen LogP contribution in [0.5, 0.6) is 0 Å². The van der Waals surface area contributed by atoms with Crippen LogP contribution in [-0.4, -0.2) is 13.3 Å². The fraction of sp³-hybridized carbons (Fsp3) is 0.172. The third-order valence-electron chi connectivity index (χ3n) is 6.45. The van der Waals surface area contributed by atoms with Crippen LogP contribution in [-0.2, 0) is 7.05 Å². The molecule has 2 heterocycles. The Morgan fingerprint density at radius 2 is 1.67 bits per heavy atom. The van der Waals surface area contributed by atoms with E-state index < -0.39 is 13.3 Å². The van der Waals surface area contributed by atoms with Crippen molar-refractivity contribution in [1.29, 1.82) is 5.26 Å². The second-order valence-electron chi connectivity index (χ2n) is 9.74. The molecule has 0 aliphatic rings. The van der Waals surface area contributed by atoms with E-state index in [0.29, 0.717) is 0 Å². The number of nitriles is 1. The zero-order chi connectivity index (χ0) is 23.3. The van der Waals surface area contributed by atoms with Gasteiger partial charge in [-0.05, 0) is 0 Å². The Labute approximate surface area is 197 Å². The second kappa shape index (κ2) is 7.90. The SMILES string of the molecule is Cc1ccc2c(oc3c(-c4ccc(C#N)[c]([Ge]([CH3])([CH3])[CH3])c4)cccc32)c1-c1cccc[n+]1C. The Hall–Kier alpha value is -3.36. The van der Waals surface area contributed by atoms with E-state index in [1.54, 1.807) is 0 Å². The molecule has 162 valence electrons. The minimum atomic E-state index is -2.23. The molecule has 3 aromatic carbocycles. The van der Waals surface area contributed by atoms with Gasteiger partial charge in [0.25, 0.3) is 0 Å². The number of nitrogens with zero attached hydrogens (tertiary/aromatic N) is 2. The van der Waals surface area contributed by atoms with Crippen molar-refractivity contribution >= 4 is 39.6 Å². The molecule has 0 aliphatic carbocycles. The molecule has 0 bridgehead atoms. The summed E-state index contributed by atoms with van der Waals surface area (Å²) >= 11 is -2.23. The molecule has 0 N–H and O–H groups in total. The van der Waals surface area contributed by atoms with E-state index in [-0.39, 0.29) is 0 Å². The van der Waals surface area contributed by atoms with Crippen molar-refractivity contribution in [3.8, 4) is 28.5 Å². The number of aromatic nitrogens is 1. The van der Waals surface area contributed by atoms with Gasteiger partial charge < -0.3 is 0 Å². The van der Waals surface area contributed by atoms with Gasteiger partial charge in [-0.2, -0.15) is 0 Å². The summed E-state index contributed by atoms with van der Waals surface area (Å²) in [6.07, 6.45) is 2.07. The molecule has 3 nitrogen and oxygen atoms in total. The quantitative estimate of drug-likeness (QED) is 0.214. The molecule has 0 saturated carbocycles. The maximum atomic E-state index is 9.66. The van der Waals surface area contributed by atoms with Gasteiger partial charge >= 0.3 is 198 Å². The summed E-state index contributed by atoms with van der Waals surface area (Å²) in [5.74, 6) is 6.99. The number of hydrogen-bond donors (Lipinski definition) is 0. The molecular formula is C29H27GeN2O+. The molecule has 0 unspecified atom stereocenters. The third-order valence-corrected chi connectivity index (χ3v) is 10.7. The van der Waals surface area contributed by atoms with Gasteiger partial charge in [0.05, 0.1) is 0 Å². The summed E-state index contributed by atoms with van der Waals surface area (Å²) in [7, 11) is 2.07. The van der Waals surface area contributed by atoms with Gasteiger partial charge in [0, 0.05) is 0 Å². The van der Waals surface area contributed by atoms with Gasteiger partial charge in [-0.1, -0.05) is 0 Å². The third kappa shape index (κ3) is 3.55. The summed E-state index contributed by atoms with van der Waals surface area (Å²) in [5.41, 5.74) is 8.24. The fourth-order valence-corrected chi connectivity index (χ4v) is 7.94. The Bertz CT molecular complexity index is 1580. The van der Waals surface area contributed by atoms with E-state index in [0.717, 1.165) is 49.9 Å². The van der Waals surface area contributed by atoms with Gasteiger partial charge in [0.15, 0.2) is 0 Å². The molecule has 4 heteroatoms. The second-order valence-corrected chi connectivity index (χ2v) is 20.3. The first kappa shape index (κ1) is 21.5. The predicted molar refractivity (Wildman–Crippen MR) is 138 cm³/mol. The summed E-state index contributed by atoms with van der Waals surface area (Å²) in [6.45, 7) is 2.14. The van der Waals surface area contributed by atoms with E-state index in [2.05, 4.69) is 103 Å². The fourth-order valence-electron chi connectivity index (χ4n) is 4.72. The van der Waals surface area contributed by atoms with Gasteiger partial charge in [-0.3, -0.25) is 0 Å². The van der Waals surface area contributed by atoms with Crippen LogP contribution in [0.3, 0.4) is 0 Å². The molecule has 0 amide bonds. The monoisotopic (exact) mass is 493 g/mol. The Morgan fingerprint density at radius 3 is 2.39 bits per heavy atom. The Balaban J connectivity index is 1.82. The standard InChI is InChI=1S/C29H27GeN2O/c1-19-12-15-24-23-10-8-9-22(20-13-14-21(18-31)25(17-20)30(2,3)4)28(23)33-29(24)27(19)26-11-6-7-16-32(26)5/h6-17H,1-5H3/q+1. The van der Waals surface area contributed by atoms with Crippen LogP contribution in [0, 0.1) is 18.3 Å².